The molecule has 0 radical (unpaired) electrons. The number of carbonyl (C=O) groups is 1. The molecule has 0 saturated carbocycles. The molecule has 0 amide bonds. The molecule has 0 N–H and O–H groups in total. The molecule has 6 nitrogen and oxygen atoms in total. The predicted molar refractivity (Wildman–Crippen MR) is 102 cm³/mol. The van der Waals surface area contributed by atoms with Crippen LogP contribution in [0.1, 0.15) is 11.4 Å². The van der Waals surface area contributed by atoms with E-state index < -0.39 is 5.97 Å². The van der Waals surface area contributed by atoms with Crippen LogP contribution in [0.4, 0.5) is 0 Å². The van der Waals surface area contributed by atoms with Gasteiger partial charge in [0.1, 0.15) is 13.2 Å². The summed E-state index contributed by atoms with van der Waals surface area (Å²) in [6.07, 6.45) is 2.87. The topological polar surface area (TPSA) is 85.0 Å². The summed E-state index contributed by atoms with van der Waals surface area (Å²) < 4.78 is 6.39. The van der Waals surface area contributed by atoms with Gasteiger partial charge in [-0.05, 0) is 35.9 Å². The third kappa shape index (κ3) is 4.40. The molecule has 3 rings (SSSR count). The van der Waals surface area contributed by atoms with E-state index in [2.05, 4.69) is 4.98 Å². The van der Waals surface area contributed by atoms with Crippen molar-refractivity contribution in [3.05, 3.63) is 81.4 Å². The predicted octanol–water partition coefficient (Wildman–Crippen LogP) is 3.33. The van der Waals surface area contributed by atoms with E-state index in [1.165, 1.54) is 10.6 Å². The van der Waals surface area contributed by atoms with Gasteiger partial charge in [0.05, 0.1) is 17.0 Å². The van der Waals surface area contributed by atoms with E-state index in [4.69, 9.17) is 21.6 Å². The summed E-state index contributed by atoms with van der Waals surface area (Å²) in [7, 11) is 0. The first kappa shape index (κ1) is 18.4. The number of carbonyl (C=O) groups excluding carboxylic acids is 1. The van der Waals surface area contributed by atoms with Gasteiger partial charge in [-0.15, -0.1) is 0 Å². The Labute approximate surface area is 159 Å². The van der Waals surface area contributed by atoms with E-state index in [0.717, 1.165) is 5.56 Å². The molecule has 0 atom stereocenters. The zero-order valence-electron chi connectivity index (χ0n) is 14.1. The zero-order chi connectivity index (χ0) is 19.2. The number of ether oxygens (including phenoxy) is 1. The molecular formula is C20H14ClN3O3. The van der Waals surface area contributed by atoms with Gasteiger partial charge >= 0.3 is 5.97 Å². The van der Waals surface area contributed by atoms with E-state index in [-0.39, 0.29) is 24.5 Å². The van der Waals surface area contributed by atoms with Crippen LogP contribution in [0, 0.1) is 11.3 Å². The maximum absolute atomic E-state index is 12.5. The highest BCUT2D eigenvalue weighted by molar-refractivity contribution is 6.30. The first-order valence-corrected chi connectivity index (χ1v) is 8.42. The van der Waals surface area contributed by atoms with Crippen molar-refractivity contribution in [2.75, 3.05) is 0 Å². The van der Waals surface area contributed by atoms with Gasteiger partial charge in [0.15, 0.2) is 5.82 Å². The van der Waals surface area contributed by atoms with Crippen molar-refractivity contribution in [2.24, 2.45) is 0 Å². The Hall–Kier alpha value is -3.43. The minimum Gasteiger partial charge on any atom is -0.454 e. The number of hydrogen-bond donors (Lipinski definition) is 0. The monoisotopic (exact) mass is 379 g/mol. The Kier molecular flexibility index (Phi) is 5.64. The van der Waals surface area contributed by atoms with Crippen molar-refractivity contribution in [3.63, 3.8) is 0 Å². The Balaban J connectivity index is 1.78. The Morgan fingerprint density at radius 1 is 1.22 bits per heavy atom. The van der Waals surface area contributed by atoms with Gasteiger partial charge in [0.25, 0.3) is 5.56 Å². The van der Waals surface area contributed by atoms with E-state index in [0.29, 0.717) is 15.9 Å². The minimum atomic E-state index is -0.587. The summed E-state index contributed by atoms with van der Waals surface area (Å²) in [5.74, 6) is -0.371. The molecule has 0 fully saturated rings. The fraction of sp³-hybridized carbons (Fsp3) is 0.100. The van der Waals surface area contributed by atoms with E-state index >= 15 is 0 Å². The van der Waals surface area contributed by atoms with Crippen LogP contribution in [0.2, 0.25) is 5.02 Å². The number of nitrogens with zero attached hydrogens (tertiary/aromatic N) is 3. The lowest BCUT2D eigenvalue weighted by molar-refractivity contribution is -0.139. The SMILES string of the molecule is N#CCn1c(COC(=O)/C=C/c2ccc(Cl)cc2)nc2ccccc2c1=O. The highest BCUT2D eigenvalue weighted by atomic mass is 35.5. The number of para-hydroxylation sites is 1. The Morgan fingerprint density at radius 2 is 1.96 bits per heavy atom. The Bertz CT molecular complexity index is 1110. The smallest absolute Gasteiger partial charge is 0.331 e. The van der Waals surface area contributed by atoms with E-state index in [1.807, 2.05) is 6.07 Å². The van der Waals surface area contributed by atoms with Crippen LogP contribution in [0.5, 0.6) is 0 Å². The molecule has 0 unspecified atom stereocenters. The number of nitriles is 1. The molecule has 3 aromatic rings. The van der Waals surface area contributed by atoms with Gasteiger partial charge < -0.3 is 4.74 Å². The third-order valence-corrected chi connectivity index (χ3v) is 4.05. The molecule has 0 bridgehead atoms. The maximum Gasteiger partial charge on any atom is 0.331 e. The van der Waals surface area contributed by atoms with Crippen LogP contribution in [0.25, 0.3) is 17.0 Å². The fourth-order valence-corrected chi connectivity index (χ4v) is 2.61. The van der Waals surface area contributed by atoms with Gasteiger partial charge in [0, 0.05) is 11.1 Å². The molecule has 2 aromatic carbocycles. The van der Waals surface area contributed by atoms with Crippen LogP contribution >= 0.6 is 11.6 Å². The van der Waals surface area contributed by atoms with Gasteiger partial charge in [0.2, 0.25) is 0 Å². The summed E-state index contributed by atoms with van der Waals surface area (Å²) in [4.78, 5) is 28.8. The van der Waals surface area contributed by atoms with E-state index in [1.54, 1.807) is 54.6 Å². The second kappa shape index (κ2) is 8.30. The summed E-state index contributed by atoms with van der Waals surface area (Å²) in [5, 5.41) is 9.99. The minimum absolute atomic E-state index is 0.176. The van der Waals surface area contributed by atoms with Crippen LogP contribution in [0.15, 0.2) is 59.4 Å². The van der Waals surface area contributed by atoms with Crippen molar-refractivity contribution < 1.29 is 9.53 Å². The van der Waals surface area contributed by atoms with Gasteiger partial charge in [-0.2, -0.15) is 5.26 Å². The van der Waals surface area contributed by atoms with Crippen LogP contribution in [-0.2, 0) is 22.7 Å². The average molecular weight is 380 g/mol. The molecule has 1 aromatic heterocycles. The lowest BCUT2D eigenvalue weighted by Crippen LogP contribution is -2.26. The van der Waals surface area contributed by atoms with Crippen molar-refractivity contribution in [3.8, 4) is 6.07 Å². The number of esters is 1. The average Bonchev–Trinajstić information content (AvgIpc) is 2.68. The summed E-state index contributed by atoms with van der Waals surface area (Å²) in [6.45, 7) is -0.393. The molecule has 0 aliphatic rings. The fourth-order valence-electron chi connectivity index (χ4n) is 2.48. The number of rotatable bonds is 5. The first-order valence-electron chi connectivity index (χ1n) is 8.04. The molecule has 0 saturated heterocycles. The van der Waals surface area contributed by atoms with E-state index in [9.17, 15) is 9.59 Å². The number of fused-ring (bicyclic) bond motifs is 1. The summed E-state index contributed by atoms with van der Waals surface area (Å²) in [5.41, 5.74) is 0.936. The van der Waals surface area contributed by atoms with Crippen LogP contribution in [-0.4, -0.2) is 15.5 Å². The van der Waals surface area contributed by atoms with Gasteiger partial charge in [-0.25, -0.2) is 9.78 Å². The molecule has 27 heavy (non-hydrogen) atoms. The van der Waals surface area contributed by atoms with Crippen molar-refractivity contribution in [1.82, 2.24) is 9.55 Å². The zero-order valence-corrected chi connectivity index (χ0v) is 14.9. The molecule has 0 aliphatic heterocycles. The second-order valence-corrected chi connectivity index (χ2v) is 6.02. The number of halogens is 1. The molecular weight excluding hydrogens is 366 g/mol. The number of benzene rings is 2. The molecule has 134 valence electrons. The van der Waals surface area contributed by atoms with Crippen molar-refractivity contribution in [1.29, 1.82) is 5.26 Å². The third-order valence-electron chi connectivity index (χ3n) is 3.79. The first-order chi connectivity index (χ1) is 13.1. The summed E-state index contributed by atoms with van der Waals surface area (Å²) in [6, 6.07) is 15.7. The quantitative estimate of drug-likeness (QED) is 0.501. The Morgan fingerprint density at radius 3 is 2.70 bits per heavy atom. The lowest BCUT2D eigenvalue weighted by Gasteiger charge is -2.10. The number of hydrogen-bond acceptors (Lipinski definition) is 5. The lowest BCUT2D eigenvalue weighted by atomic mass is 10.2. The molecule has 0 aliphatic carbocycles. The highest BCUT2D eigenvalue weighted by Crippen LogP contribution is 2.11. The molecule has 0 spiro atoms. The maximum atomic E-state index is 12.5. The van der Waals surface area contributed by atoms with Crippen LogP contribution < -0.4 is 5.56 Å². The molecule has 1 heterocycles. The normalized spacial score (nSPS) is 10.8. The summed E-state index contributed by atoms with van der Waals surface area (Å²) >= 11 is 5.81. The standard InChI is InChI=1S/C20H14ClN3O3/c21-15-8-5-14(6-9-15)7-10-19(25)27-13-18-23-17-4-2-1-3-16(17)20(26)24(18)12-11-22/h1-10H,12-13H2/b10-7+. The van der Waals surface area contributed by atoms with Gasteiger partial charge in [-0.1, -0.05) is 35.9 Å². The number of aromatic nitrogens is 2. The molecule has 7 heteroatoms. The van der Waals surface area contributed by atoms with Crippen molar-refractivity contribution >= 4 is 34.5 Å². The second-order valence-electron chi connectivity index (χ2n) is 5.59. The van der Waals surface area contributed by atoms with Crippen molar-refractivity contribution in [2.45, 2.75) is 13.2 Å². The van der Waals surface area contributed by atoms with Crippen LogP contribution in [0.3, 0.4) is 0 Å². The largest absolute Gasteiger partial charge is 0.454 e. The van der Waals surface area contributed by atoms with Gasteiger partial charge in [-0.3, -0.25) is 9.36 Å². The highest BCUT2D eigenvalue weighted by Gasteiger charge is 2.12.